The second kappa shape index (κ2) is 10.5. The molecule has 9 nitrogen and oxygen atoms in total. The SMILES string of the molecule is CCC(=O)Nc1cccc(-c2noc([C@@H]3CCCN(C(=O)c4cccc(NC(C)=O)c4C)C3)n2)c1. The monoisotopic (exact) mass is 475 g/mol. The van der Waals surface area contributed by atoms with Crippen LogP contribution in [0, 0.1) is 6.92 Å². The topological polar surface area (TPSA) is 117 Å². The van der Waals surface area contributed by atoms with Crippen LogP contribution in [0.15, 0.2) is 47.0 Å². The maximum absolute atomic E-state index is 13.3. The van der Waals surface area contributed by atoms with Crippen LogP contribution in [0.5, 0.6) is 0 Å². The van der Waals surface area contributed by atoms with E-state index in [4.69, 9.17) is 4.52 Å². The van der Waals surface area contributed by atoms with Gasteiger partial charge in [0, 0.05) is 48.9 Å². The van der Waals surface area contributed by atoms with E-state index in [0.717, 1.165) is 24.0 Å². The number of nitrogens with zero attached hydrogens (tertiary/aromatic N) is 3. The first kappa shape index (κ1) is 24.1. The van der Waals surface area contributed by atoms with Gasteiger partial charge in [0.25, 0.3) is 5.91 Å². The van der Waals surface area contributed by atoms with Crippen molar-refractivity contribution in [2.24, 2.45) is 0 Å². The molecule has 9 heteroatoms. The summed E-state index contributed by atoms with van der Waals surface area (Å²) in [5, 5.41) is 9.75. The molecule has 1 aromatic heterocycles. The Hall–Kier alpha value is -4.01. The van der Waals surface area contributed by atoms with Crippen LogP contribution < -0.4 is 10.6 Å². The van der Waals surface area contributed by atoms with Gasteiger partial charge >= 0.3 is 0 Å². The van der Waals surface area contributed by atoms with Gasteiger partial charge in [0.05, 0.1) is 5.92 Å². The molecule has 2 aromatic carbocycles. The predicted molar refractivity (Wildman–Crippen MR) is 132 cm³/mol. The Bertz CT molecular complexity index is 1250. The van der Waals surface area contributed by atoms with Gasteiger partial charge in [0.1, 0.15) is 0 Å². The number of rotatable bonds is 6. The number of amides is 3. The maximum atomic E-state index is 13.3. The lowest BCUT2D eigenvalue weighted by molar-refractivity contribution is -0.116. The number of hydrogen-bond acceptors (Lipinski definition) is 6. The van der Waals surface area contributed by atoms with Gasteiger partial charge in [0.2, 0.25) is 23.5 Å². The Morgan fingerprint density at radius 3 is 2.71 bits per heavy atom. The Morgan fingerprint density at radius 1 is 1.14 bits per heavy atom. The summed E-state index contributed by atoms with van der Waals surface area (Å²) in [5.74, 6) is 0.523. The van der Waals surface area contributed by atoms with Crippen molar-refractivity contribution in [3.63, 3.8) is 0 Å². The molecule has 0 unspecified atom stereocenters. The third-order valence-electron chi connectivity index (χ3n) is 6.10. The largest absolute Gasteiger partial charge is 0.339 e. The van der Waals surface area contributed by atoms with Crippen LogP contribution in [0.1, 0.15) is 60.8 Å². The molecule has 182 valence electrons. The van der Waals surface area contributed by atoms with Crippen LogP contribution in [0.2, 0.25) is 0 Å². The highest BCUT2D eigenvalue weighted by Gasteiger charge is 2.30. The predicted octanol–water partition coefficient (Wildman–Crippen LogP) is 4.37. The Labute approximate surface area is 203 Å². The van der Waals surface area contributed by atoms with Gasteiger partial charge in [-0.3, -0.25) is 14.4 Å². The molecule has 35 heavy (non-hydrogen) atoms. The number of nitrogens with one attached hydrogen (secondary N) is 2. The fraction of sp³-hybridized carbons (Fsp3) is 0.346. The third kappa shape index (κ3) is 5.56. The first-order valence-corrected chi connectivity index (χ1v) is 11.8. The van der Waals surface area contributed by atoms with Crippen molar-refractivity contribution < 1.29 is 18.9 Å². The molecule has 0 saturated carbocycles. The minimum absolute atomic E-state index is 0.0687. The molecule has 1 saturated heterocycles. The van der Waals surface area contributed by atoms with Crippen molar-refractivity contribution in [1.29, 1.82) is 0 Å². The molecular formula is C26H29N5O4. The molecule has 2 N–H and O–H groups in total. The van der Waals surface area contributed by atoms with Gasteiger partial charge < -0.3 is 20.1 Å². The first-order valence-electron chi connectivity index (χ1n) is 11.8. The average Bonchev–Trinajstić information content (AvgIpc) is 3.35. The summed E-state index contributed by atoms with van der Waals surface area (Å²) >= 11 is 0. The van der Waals surface area contributed by atoms with E-state index in [1.807, 2.05) is 31.2 Å². The highest BCUT2D eigenvalue weighted by Crippen LogP contribution is 2.30. The van der Waals surface area contributed by atoms with E-state index in [1.165, 1.54) is 6.92 Å². The van der Waals surface area contributed by atoms with Gasteiger partial charge in [0.15, 0.2) is 0 Å². The lowest BCUT2D eigenvalue weighted by Crippen LogP contribution is -2.39. The Balaban J connectivity index is 1.49. The highest BCUT2D eigenvalue weighted by molar-refractivity contribution is 5.99. The van der Waals surface area contributed by atoms with Gasteiger partial charge in [-0.05, 0) is 49.6 Å². The summed E-state index contributed by atoms with van der Waals surface area (Å²) in [5.41, 5.74) is 3.35. The molecule has 1 aliphatic rings. The van der Waals surface area contributed by atoms with E-state index >= 15 is 0 Å². The summed E-state index contributed by atoms with van der Waals surface area (Å²) in [7, 11) is 0. The van der Waals surface area contributed by atoms with Crippen LogP contribution in [-0.2, 0) is 9.59 Å². The summed E-state index contributed by atoms with van der Waals surface area (Å²) < 4.78 is 5.59. The zero-order valence-corrected chi connectivity index (χ0v) is 20.1. The Kier molecular flexibility index (Phi) is 7.24. The number of carbonyl (C=O) groups excluding carboxylic acids is 3. The molecule has 1 atom stereocenters. The fourth-order valence-electron chi connectivity index (χ4n) is 4.23. The minimum Gasteiger partial charge on any atom is -0.339 e. The fourth-order valence-corrected chi connectivity index (χ4v) is 4.23. The molecule has 3 amide bonds. The quantitative estimate of drug-likeness (QED) is 0.547. The van der Waals surface area contributed by atoms with E-state index in [2.05, 4.69) is 20.8 Å². The Morgan fingerprint density at radius 2 is 1.94 bits per heavy atom. The van der Waals surface area contributed by atoms with Crippen LogP contribution in [-0.4, -0.2) is 45.9 Å². The van der Waals surface area contributed by atoms with Crippen molar-refractivity contribution in [3.8, 4) is 11.4 Å². The molecule has 0 bridgehead atoms. The van der Waals surface area contributed by atoms with E-state index in [-0.39, 0.29) is 23.6 Å². The number of carbonyl (C=O) groups is 3. The van der Waals surface area contributed by atoms with Crippen molar-refractivity contribution in [1.82, 2.24) is 15.0 Å². The number of hydrogen-bond donors (Lipinski definition) is 2. The maximum Gasteiger partial charge on any atom is 0.254 e. The van der Waals surface area contributed by atoms with Gasteiger partial charge in [-0.15, -0.1) is 0 Å². The highest BCUT2D eigenvalue weighted by atomic mass is 16.5. The average molecular weight is 476 g/mol. The van der Waals surface area contributed by atoms with Crippen LogP contribution in [0.3, 0.4) is 0 Å². The lowest BCUT2D eigenvalue weighted by Gasteiger charge is -2.31. The molecule has 4 rings (SSSR count). The van der Waals surface area contributed by atoms with Gasteiger partial charge in [-0.25, -0.2) is 0 Å². The van der Waals surface area contributed by atoms with Gasteiger partial charge in [-0.2, -0.15) is 4.98 Å². The molecule has 0 spiro atoms. The second-order valence-electron chi connectivity index (χ2n) is 8.69. The lowest BCUT2D eigenvalue weighted by atomic mass is 9.96. The number of likely N-dealkylation sites (tertiary alicyclic amines) is 1. The van der Waals surface area contributed by atoms with Crippen molar-refractivity contribution in [2.75, 3.05) is 23.7 Å². The zero-order valence-electron chi connectivity index (χ0n) is 20.1. The second-order valence-corrected chi connectivity index (χ2v) is 8.69. The van der Waals surface area contributed by atoms with E-state index in [9.17, 15) is 14.4 Å². The molecule has 0 radical (unpaired) electrons. The van der Waals surface area contributed by atoms with E-state index in [1.54, 1.807) is 30.0 Å². The molecular weight excluding hydrogens is 446 g/mol. The molecule has 1 fully saturated rings. The van der Waals surface area contributed by atoms with Crippen molar-refractivity contribution >= 4 is 29.1 Å². The molecule has 2 heterocycles. The van der Waals surface area contributed by atoms with Crippen molar-refractivity contribution in [2.45, 2.75) is 46.0 Å². The third-order valence-corrected chi connectivity index (χ3v) is 6.10. The number of benzene rings is 2. The van der Waals surface area contributed by atoms with Crippen LogP contribution >= 0.6 is 0 Å². The normalized spacial score (nSPS) is 15.5. The minimum atomic E-state index is -0.179. The molecule has 1 aliphatic heterocycles. The van der Waals surface area contributed by atoms with Crippen molar-refractivity contribution in [3.05, 3.63) is 59.5 Å². The molecule has 0 aliphatic carbocycles. The molecule has 3 aromatic rings. The number of aromatic nitrogens is 2. The summed E-state index contributed by atoms with van der Waals surface area (Å²) in [6.45, 7) is 6.18. The summed E-state index contributed by atoms with van der Waals surface area (Å²) in [6.07, 6.45) is 2.05. The van der Waals surface area contributed by atoms with E-state index in [0.29, 0.717) is 48.2 Å². The number of anilines is 2. The first-order chi connectivity index (χ1) is 16.9. The zero-order chi connectivity index (χ0) is 24.9. The summed E-state index contributed by atoms with van der Waals surface area (Å²) in [6, 6.07) is 12.6. The van der Waals surface area contributed by atoms with Crippen LogP contribution in [0.4, 0.5) is 11.4 Å². The standard InChI is InChI=1S/C26H29N5O4/c1-4-23(33)28-20-10-5-8-18(14-20)24-29-25(35-30-24)19-9-7-13-31(15-19)26(34)21-11-6-12-22(16(21)2)27-17(3)32/h5-6,8,10-12,14,19H,4,7,9,13,15H2,1-3H3,(H,27,32)(H,28,33)/t19-/m1/s1. The van der Waals surface area contributed by atoms with Crippen LogP contribution in [0.25, 0.3) is 11.4 Å². The number of piperidine rings is 1. The smallest absolute Gasteiger partial charge is 0.254 e. The van der Waals surface area contributed by atoms with E-state index < -0.39 is 0 Å². The summed E-state index contributed by atoms with van der Waals surface area (Å²) in [4.78, 5) is 42.9. The van der Waals surface area contributed by atoms with Gasteiger partial charge in [-0.1, -0.05) is 30.3 Å².